The quantitative estimate of drug-likeness (QED) is 0.171. The number of likely N-dealkylation sites (N-methyl/N-ethyl adjacent to an activating group) is 1. The van der Waals surface area contributed by atoms with Gasteiger partial charge in [0.25, 0.3) is 0 Å². The summed E-state index contributed by atoms with van der Waals surface area (Å²) in [7, 11) is 5.30. The van der Waals surface area contributed by atoms with E-state index in [4.69, 9.17) is 14.7 Å². The summed E-state index contributed by atoms with van der Waals surface area (Å²) < 4.78 is 18.6. The number of aromatic nitrogens is 4. The zero-order valence-electron chi connectivity index (χ0n) is 26.4. The third-order valence-corrected chi connectivity index (χ3v) is 6.97. The molecule has 2 amide bonds. The smallest absolute Gasteiger partial charge is 0.232 e. The van der Waals surface area contributed by atoms with Crippen LogP contribution < -0.4 is 15.5 Å². The molecule has 1 saturated heterocycles. The molecule has 12 nitrogen and oxygen atoms in total. The largest absolute Gasteiger partial charge is 0.383 e. The number of nitrogens with zero attached hydrogens (tertiary/aromatic N) is 6. The number of nitrogens with one attached hydrogen (secondary N) is 2. The minimum Gasteiger partial charge on any atom is -0.383 e. The number of pyridine rings is 2. The number of amides is 2. The first kappa shape index (κ1) is 35.3. The Morgan fingerprint density at radius 1 is 1.15 bits per heavy atom. The fourth-order valence-electron chi connectivity index (χ4n) is 4.72. The first-order valence-corrected chi connectivity index (χ1v) is 14.4. The van der Waals surface area contributed by atoms with Gasteiger partial charge in [0.15, 0.2) is 0 Å². The Kier molecular flexibility index (Phi) is 13.8. The Morgan fingerprint density at radius 2 is 1.89 bits per heavy atom. The highest BCUT2D eigenvalue weighted by Crippen LogP contribution is 2.33. The molecular formula is C33H39FN8O4. The van der Waals surface area contributed by atoms with E-state index in [9.17, 15) is 14.0 Å². The minimum atomic E-state index is -0.428. The van der Waals surface area contributed by atoms with Crippen LogP contribution in [0.4, 0.5) is 16.0 Å². The number of halogens is 1. The van der Waals surface area contributed by atoms with Crippen molar-refractivity contribution >= 4 is 24.0 Å². The lowest BCUT2D eigenvalue weighted by atomic mass is 10.1. The molecule has 0 unspecified atom stereocenters. The van der Waals surface area contributed by atoms with E-state index in [2.05, 4.69) is 33.4 Å². The zero-order valence-corrected chi connectivity index (χ0v) is 26.4. The number of ether oxygens (including phenoxy) is 1. The van der Waals surface area contributed by atoms with Crippen LogP contribution in [-0.2, 0) is 25.6 Å². The number of para-hydroxylation sites is 1. The van der Waals surface area contributed by atoms with E-state index in [1.807, 2.05) is 55.1 Å². The Labute approximate surface area is 268 Å². The number of hydrogen-bond acceptors (Lipinski definition) is 9. The fourth-order valence-corrected chi connectivity index (χ4v) is 4.72. The van der Waals surface area contributed by atoms with Crippen molar-refractivity contribution in [3.05, 3.63) is 84.1 Å². The average molecular weight is 631 g/mol. The number of carbonyl (C=O) groups excluding carboxylic acids is 2. The maximum absolute atomic E-state index is 11.9. The minimum absolute atomic E-state index is 0.0714. The van der Waals surface area contributed by atoms with Crippen LogP contribution in [0.15, 0.2) is 67.0 Å². The molecule has 1 atom stereocenters. The number of benzene rings is 1. The van der Waals surface area contributed by atoms with Crippen molar-refractivity contribution in [2.24, 2.45) is 0 Å². The van der Waals surface area contributed by atoms with Crippen LogP contribution in [0.25, 0.3) is 16.9 Å². The molecule has 0 saturated carbocycles. The molecule has 0 bridgehead atoms. The Balaban J connectivity index is 0.000000227. The third-order valence-electron chi connectivity index (χ3n) is 6.97. The van der Waals surface area contributed by atoms with Gasteiger partial charge in [0.2, 0.25) is 18.3 Å². The topological polar surface area (TPSA) is 127 Å². The lowest BCUT2D eigenvalue weighted by molar-refractivity contribution is -0.118. The zero-order chi connectivity index (χ0) is 33.5. The number of methoxy groups -OCH3 is 1. The molecule has 1 aromatic carbocycles. The number of hydrogen-bond donors (Lipinski definition) is 2. The van der Waals surface area contributed by atoms with Crippen molar-refractivity contribution in [3.63, 3.8) is 0 Å². The number of rotatable bonds is 8. The second-order valence-electron chi connectivity index (χ2n) is 9.97. The number of fused-ring (bicyclic) bond motifs is 1. The predicted molar refractivity (Wildman–Crippen MR) is 175 cm³/mol. The van der Waals surface area contributed by atoms with Crippen LogP contribution in [0.1, 0.15) is 11.1 Å². The first-order valence-electron chi connectivity index (χ1n) is 14.4. The van der Waals surface area contributed by atoms with Gasteiger partial charge in [-0.05, 0) is 37.3 Å². The maximum atomic E-state index is 11.9. The predicted octanol–water partition coefficient (Wildman–Crippen LogP) is 3.27. The van der Waals surface area contributed by atoms with Gasteiger partial charge in [-0.2, -0.15) is 14.6 Å². The second-order valence-corrected chi connectivity index (χ2v) is 9.97. The molecule has 0 radical (unpaired) electrons. The number of terminal acetylenes is 1. The Bertz CT molecular complexity index is 1570. The second kappa shape index (κ2) is 18.0. The standard InChI is InChI=1S/C19H19N5O.C7H14N2O3.C5H4FN.C2H2/c1-12-17(14-9-13-10-16(25)23(3)19(13)21-11-14)22-24(18(12)20-2)15-7-5-4-6-8-15;1-11-3-2-9-4-7(5-12-9)8-6-10;6-5-3-1-2-4-7-5;1-2/h4-9,11,20H,10H2,1-3H3;6-7H,2-5H2,1H3,(H,8,10);1-4H;1-2H/t;7-;;/m.1../s1. The lowest BCUT2D eigenvalue weighted by Gasteiger charge is -2.12. The van der Waals surface area contributed by atoms with Crippen LogP contribution in [0.5, 0.6) is 0 Å². The summed E-state index contributed by atoms with van der Waals surface area (Å²) in [5.74, 6) is 1.32. The van der Waals surface area contributed by atoms with Gasteiger partial charge in [-0.15, -0.1) is 12.8 Å². The number of anilines is 2. The Hall–Kier alpha value is -5.16. The van der Waals surface area contributed by atoms with Gasteiger partial charge < -0.3 is 15.4 Å². The normalized spacial score (nSPS) is 14.9. The molecule has 1 fully saturated rings. The molecular weight excluding hydrogens is 591 g/mol. The highest BCUT2D eigenvalue weighted by atomic mass is 19.1. The van der Waals surface area contributed by atoms with E-state index in [1.165, 1.54) is 12.3 Å². The summed E-state index contributed by atoms with van der Waals surface area (Å²) in [5.41, 5.74) is 4.77. The molecule has 2 aliphatic heterocycles. The number of carbonyl (C=O) groups is 2. The summed E-state index contributed by atoms with van der Waals surface area (Å²) in [6.45, 7) is 4.73. The molecule has 0 aliphatic carbocycles. The van der Waals surface area contributed by atoms with Gasteiger partial charge in [-0.3, -0.25) is 19.3 Å². The Morgan fingerprint density at radius 3 is 2.50 bits per heavy atom. The van der Waals surface area contributed by atoms with E-state index in [-0.39, 0.29) is 11.9 Å². The summed E-state index contributed by atoms with van der Waals surface area (Å²) >= 11 is 0. The molecule has 242 valence electrons. The number of hydroxylamine groups is 2. The molecule has 13 heteroatoms. The summed E-state index contributed by atoms with van der Waals surface area (Å²) in [5, 5.41) is 12.5. The summed E-state index contributed by atoms with van der Waals surface area (Å²) in [6, 6.07) is 16.7. The highest BCUT2D eigenvalue weighted by molar-refractivity contribution is 6.00. The van der Waals surface area contributed by atoms with Crippen LogP contribution in [0.3, 0.4) is 0 Å². The van der Waals surface area contributed by atoms with Gasteiger partial charge in [0.05, 0.1) is 37.1 Å². The molecule has 0 spiro atoms. The van der Waals surface area contributed by atoms with Crippen molar-refractivity contribution < 1.29 is 23.6 Å². The van der Waals surface area contributed by atoms with Gasteiger partial charge >= 0.3 is 0 Å². The molecule has 4 aromatic rings. The van der Waals surface area contributed by atoms with Crippen LogP contribution in [0.2, 0.25) is 0 Å². The maximum Gasteiger partial charge on any atom is 0.232 e. The van der Waals surface area contributed by atoms with E-state index in [0.717, 1.165) is 52.8 Å². The van der Waals surface area contributed by atoms with Crippen LogP contribution in [0, 0.1) is 25.7 Å². The molecule has 5 heterocycles. The SMILES string of the molecule is C#C.CNc1c(C)c(-c2cnc3c(c2)CC(=O)N3C)nn1-c1ccccc1.COCCN1C[C@@H](NC=O)CO1.Fc1ccccn1. The molecule has 46 heavy (non-hydrogen) atoms. The third kappa shape index (κ3) is 9.18. The van der Waals surface area contributed by atoms with Crippen molar-refractivity contribution in [1.29, 1.82) is 0 Å². The van der Waals surface area contributed by atoms with Crippen molar-refractivity contribution in [1.82, 2.24) is 30.1 Å². The molecule has 3 aromatic heterocycles. The van der Waals surface area contributed by atoms with Gasteiger partial charge in [-0.1, -0.05) is 24.3 Å². The van der Waals surface area contributed by atoms with E-state index in [1.54, 1.807) is 42.5 Å². The average Bonchev–Trinajstić information content (AvgIpc) is 3.77. The van der Waals surface area contributed by atoms with E-state index >= 15 is 0 Å². The highest BCUT2D eigenvalue weighted by Gasteiger charge is 2.27. The molecule has 6 rings (SSSR count). The summed E-state index contributed by atoms with van der Waals surface area (Å²) in [4.78, 5) is 36.6. The van der Waals surface area contributed by atoms with Gasteiger partial charge in [0, 0.05) is 63.4 Å². The van der Waals surface area contributed by atoms with Gasteiger partial charge in [0.1, 0.15) is 11.6 Å². The van der Waals surface area contributed by atoms with E-state index < -0.39 is 5.95 Å². The van der Waals surface area contributed by atoms with Crippen molar-refractivity contribution in [3.8, 4) is 29.8 Å². The summed E-state index contributed by atoms with van der Waals surface area (Å²) in [6.07, 6.45) is 12.3. The first-order chi connectivity index (χ1) is 22.4. The van der Waals surface area contributed by atoms with Crippen LogP contribution >= 0.6 is 0 Å². The van der Waals surface area contributed by atoms with Crippen molar-refractivity contribution in [2.75, 3.05) is 57.7 Å². The molecule has 2 aliphatic rings. The van der Waals surface area contributed by atoms with Gasteiger partial charge in [-0.25, -0.2) is 14.6 Å². The fraction of sp³-hybridized carbons (Fsp3) is 0.303. The van der Waals surface area contributed by atoms with Crippen molar-refractivity contribution in [2.45, 2.75) is 19.4 Å². The van der Waals surface area contributed by atoms with E-state index in [0.29, 0.717) is 26.0 Å². The molecule has 2 N–H and O–H groups in total. The van der Waals surface area contributed by atoms with Crippen LogP contribution in [-0.4, -0.2) is 90.7 Å². The lowest BCUT2D eigenvalue weighted by Crippen LogP contribution is -2.33. The monoisotopic (exact) mass is 630 g/mol.